The molecule has 0 saturated heterocycles. The van der Waals surface area contributed by atoms with Gasteiger partial charge in [0.05, 0.1) is 12.7 Å². The van der Waals surface area contributed by atoms with Crippen LogP contribution in [0.25, 0.3) is 10.8 Å². The van der Waals surface area contributed by atoms with Crippen LogP contribution < -0.4 is 25.8 Å². The van der Waals surface area contributed by atoms with Crippen molar-refractivity contribution in [3.8, 4) is 11.5 Å². The molecule has 1 unspecified atom stereocenters. The summed E-state index contributed by atoms with van der Waals surface area (Å²) in [7, 11) is 0. The van der Waals surface area contributed by atoms with Gasteiger partial charge in [-0.25, -0.2) is 4.98 Å². The Bertz CT molecular complexity index is 1660. The third-order valence-electron chi connectivity index (χ3n) is 6.58. The molecule has 2 amide bonds. The maximum atomic E-state index is 14.3. The fourth-order valence-electron chi connectivity index (χ4n) is 4.80. The lowest BCUT2D eigenvalue weighted by Crippen LogP contribution is -2.40. The number of hydrogen-bond donors (Lipinski definition) is 4. The van der Waals surface area contributed by atoms with Gasteiger partial charge in [-0.3, -0.25) is 14.4 Å². The molecule has 1 aromatic heterocycles. The molecule has 4 rings (SSSR count). The van der Waals surface area contributed by atoms with Crippen LogP contribution in [-0.4, -0.2) is 52.0 Å². The molecule has 3 aromatic carbocycles. The number of benzene rings is 3. The summed E-state index contributed by atoms with van der Waals surface area (Å²) in [5.74, 6) is -0.512. The van der Waals surface area contributed by atoms with Crippen LogP contribution in [0.15, 0.2) is 72.9 Å². The lowest BCUT2D eigenvalue weighted by atomic mass is 10.0. The van der Waals surface area contributed by atoms with Crippen molar-refractivity contribution < 1.29 is 29.0 Å². The number of pyridine rings is 1. The van der Waals surface area contributed by atoms with E-state index >= 15 is 0 Å². The number of nitrogen functional groups attached to an aromatic ring is 1. The molecule has 0 saturated carbocycles. The molecule has 11 heteroatoms. The molecule has 0 bridgehead atoms. The highest BCUT2D eigenvalue weighted by atomic mass is 16.5. The van der Waals surface area contributed by atoms with Gasteiger partial charge in [0.25, 0.3) is 5.91 Å². The van der Waals surface area contributed by atoms with Gasteiger partial charge in [-0.05, 0) is 85.8 Å². The number of anilines is 3. The number of nitrogens with two attached hydrogens (primary N) is 1. The zero-order valence-corrected chi connectivity index (χ0v) is 25.2. The van der Waals surface area contributed by atoms with E-state index < -0.39 is 24.5 Å². The first-order valence-corrected chi connectivity index (χ1v) is 14.2. The number of amides is 2. The predicted molar refractivity (Wildman–Crippen MR) is 170 cm³/mol. The first kappa shape index (κ1) is 31.6. The van der Waals surface area contributed by atoms with Crippen LogP contribution in [0.3, 0.4) is 0 Å². The Morgan fingerprint density at radius 3 is 2.50 bits per heavy atom. The maximum Gasteiger partial charge on any atom is 0.323 e. The predicted octanol–water partition coefficient (Wildman–Crippen LogP) is 5.23. The van der Waals surface area contributed by atoms with Crippen molar-refractivity contribution in [2.24, 2.45) is 0 Å². The Balaban J connectivity index is 1.77. The molecule has 0 aliphatic heterocycles. The Morgan fingerprint density at radius 1 is 1.00 bits per heavy atom. The number of rotatable bonds is 13. The van der Waals surface area contributed by atoms with E-state index in [2.05, 4.69) is 15.6 Å². The van der Waals surface area contributed by atoms with Crippen LogP contribution in [0, 0.1) is 0 Å². The van der Waals surface area contributed by atoms with Gasteiger partial charge < -0.3 is 35.8 Å². The van der Waals surface area contributed by atoms with E-state index in [9.17, 15) is 19.5 Å². The van der Waals surface area contributed by atoms with Crippen molar-refractivity contribution in [2.45, 2.75) is 46.4 Å². The van der Waals surface area contributed by atoms with Crippen LogP contribution in [-0.2, 0) is 20.9 Å². The lowest BCUT2D eigenvalue weighted by molar-refractivity contribution is -0.145. The highest BCUT2D eigenvalue weighted by molar-refractivity contribution is 5.94. The number of carbonyl (C=O) groups is 3. The monoisotopic (exact) mass is 599 g/mol. The smallest absolute Gasteiger partial charge is 0.323 e. The van der Waals surface area contributed by atoms with Gasteiger partial charge in [0.1, 0.15) is 18.4 Å². The molecule has 0 aliphatic carbocycles. The minimum atomic E-state index is -1.17. The van der Waals surface area contributed by atoms with Crippen LogP contribution in [0.2, 0.25) is 0 Å². The topological polar surface area (TPSA) is 156 Å². The van der Waals surface area contributed by atoms with E-state index in [0.717, 1.165) is 10.8 Å². The fourth-order valence-corrected chi connectivity index (χ4v) is 4.80. The minimum absolute atomic E-state index is 0.0109. The van der Waals surface area contributed by atoms with Gasteiger partial charge in [-0.15, -0.1) is 0 Å². The number of carboxylic acid groups (broad SMARTS) is 1. The van der Waals surface area contributed by atoms with Crippen LogP contribution >= 0.6 is 0 Å². The average Bonchev–Trinajstić information content (AvgIpc) is 2.96. The number of carbonyl (C=O) groups excluding carboxylic acids is 2. The number of aliphatic carboxylic acids is 1. The first-order valence-electron chi connectivity index (χ1n) is 14.2. The highest BCUT2D eigenvalue weighted by Gasteiger charge is 2.29. The first-order chi connectivity index (χ1) is 21.0. The molecule has 4 aromatic rings. The molecule has 5 N–H and O–H groups in total. The Morgan fingerprint density at radius 2 is 1.80 bits per heavy atom. The van der Waals surface area contributed by atoms with Crippen LogP contribution in [0.1, 0.15) is 44.9 Å². The summed E-state index contributed by atoms with van der Waals surface area (Å²) in [5, 5.41) is 17.4. The standard InChI is InChI=1S/C33H37N5O6/c1-5-43-28-12-9-24(17-29(28)44-20(2)3)31(37-26-10-11-27-23(16-26)13-14-35-32(27)34)33(42)38(19-30(40)41)18-22-7-6-8-25(15-22)36-21(4)39/h6-17,20,31,37H,5,18-19H2,1-4H3,(H2,34,35)(H,36,39)(H,40,41). The normalized spacial score (nSPS) is 11.6. The second-order valence-electron chi connectivity index (χ2n) is 10.5. The number of nitrogens with one attached hydrogen (secondary N) is 2. The quantitative estimate of drug-likeness (QED) is 0.162. The second kappa shape index (κ2) is 14.2. The zero-order chi connectivity index (χ0) is 31.8. The number of carboxylic acids is 1. The fraction of sp³-hybridized carbons (Fsp3) is 0.273. The minimum Gasteiger partial charge on any atom is -0.490 e. The Kier molecular flexibility index (Phi) is 10.2. The molecular formula is C33H37N5O6. The highest BCUT2D eigenvalue weighted by Crippen LogP contribution is 2.34. The molecule has 0 spiro atoms. The lowest BCUT2D eigenvalue weighted by Gasteiger charge is -2.28. The van der Waals surface area contributed by atoms with E-state index in [0.29, 0.717) is 46.4 Å². The summed E-state index contributed by atoms with van der Waals surface area (Å²) >= 11 is 0. The van der Waals surface area contributed by atoms with E-state index in [1.807, 2.05) is 39.0 Å². The van der Waals surface area contributed by atoms with Gasteiger partial charge >= 0.3 is 5.97 Å². The maximum absolute atomic E-state index is 14.3. The molecular weight excluding hydrogens is 562 g/mol. The average molecular weight is 600 g/mol. The Labute approximate surface area is 256 Å². The van der Waals surface area contributed by atoms with E-state index in [-0.39, 0.29) is 18.6 Å². The van der Waals surface area contributed by atoms with Crippen molar-refractivity contribution >= 4 is 45.7 Å². The summed E-state index contributed by atoms with van der Waals surface area (Å²) in [6, 6.07) is 18.4. The van der Waals surface area contributed by atoms with Crippen molar-refractivity contribution in [1.29, 1.82) is 0 Å². The van der Waals surface area contributed by atoms with Gasteiger partial charge in [0.2, 0.25) is 5.91 Å². The number of fused-ring (bicyclic) bond motifs is 1. The molecule has 0 radical (unpaired) electrons. The molecule has 0 aliphatic rings. The third-order valence-corrected chi connectivity index (χ3v) is 6.58. The molecule has 0 fully saturated rings. The van der Waals surface area contributed by atoms with Crippen molar-refractivity contribution in [2.75, 3.05) is 29.5 Å². The van der Waals surface area contributed by atoms with Gasteiger partial charge in [0.15, 0.2) is 11.5 Å². The number of nitrogens with zero attached hydrogens (tertiary/aromatic N) is 2. The molecule has 1 heterocycles. The van der Waals surface area contributed by atoms with Crippen molar-refractivity contribution in [3.63, 3.8) is 0 Å². The van der Waals surface area contributed by atoms with Crippen molar-refractivity contribution in [1.82, 2.24) is 9.88 Å². The Hall–Kier alpha value is -5.32. The van der Waals surface area contributed by atoms with E-state index in [4.69, 9.17) is 15.2 Å². The number of hydrogen-bond acceptors (Lipinski definition) is 8. The summed E-state index contributed by atoms with van der Waals surface area (Å²) in [4.78, 5) is 43.3. The summed E-state index contributed by atoms with van der Waals surface area (Å²) in [6.45, 7) is 6.91. The molecule has 44 heavy (non-hydrogen) atoms. The van der Waals surface area contributed by atoms with Crippen LogP contribution in [0.5, 0.6) is 11.5 Å². The SMILES string of the molecule is CCOc1ccc(C(Nc2ccc3c(N)nccc3c2)C(=O)N(CC(=O)O)Cc2cccc(NC(C)=O)c2)cc1OC(C)C. The summed E-state index contributed by atoms with van der Waals surface area (Å²) in [6.07, 6.45) is 1.45. The summed E-state index contributed by atoms with van der Waals surface area (Å²) in [5.41, 5.74) is 8.39. The van der Waals surface area contributed by atoms with E-state index in [1.54, 1.807) is 54.7 Å². The van der Waals surface area contributed by atoms with E-state index in [1.165, 1.54) is 11.8 Å². The molecule has 230 valence electrons. The summed E-state index contributed by atoms with van der Waals surface area (Å²) < 4.78 is 11.8. The third kappa shape index (κ3) is 8.15. The van der Waals surface area contributed by atoms with Gasteiger partial charge in [-0.2, -0.15) is 0 Å². The second-order valence-corrected chi connectivity index (χ2v) is 10.5. The molecule has 11 nitrogen and oxygen atoms in total. The van der Waals surface area contributed by atoms with Gasteiger partial charge in [0, 0.05) is 36.4 Å². The zero-order valence-electron chi connectivity index (χ0n) is 25.2. The number of aromatic nitrogens is 1. The molecule has 1 atom stereocenters. The van der Waals surface area contributed by atoms with Crippen molar-refractivity contribution in [3.05, 3.63) is 84.1 Å². The number of ether oxygens (including phenoxy) is 2. The largest absolute Gasteiger partial charge is 0.490 e. The van der Waals surface area contributed by atoms with Gasteiger partial charge in [-0.1, -0.05) is 18.2 Å². The van der Waals surface area contributed by atoms with Crippen LogP contribution in [0.4, 0.5) is 17.2 Å².